The third-order valence-corrected chi connectivity index (χ3v) is 3.93. The van der Waals surface area contributed by atoms with Crippen LogP contribution in [0.4, 0.5) is 0 Å². The van der Waals surface area contributed by atoms with Gasteiger partial charge in [0.2, 0.25) is 0 Å². The largest absolute Gasteiger partial charge is 0.426 e. The maximum atomic E-state index is 11.0. The number of para-hydroxylation sites is 1. The molecule has 0 aromatic heterocycles. The van der Waals surface area contributed by atoms with E-state index in [1.54, 1.807) is 19.1 Å². The molecule has 1 N–H and O–H groups in total. The van der Waals surface area contributed by atoms with E-state index in [-0.39, 0.29) is 11.9 Å². The smallest absolute Gasteiger partial charge is 0.308 e. The summed E-state index contributed by atoms with van der Waals surface area (Å²) >= 11 is 1.30. The van der Waals surface area contributed by atoms with Crippen LogP contribution in [0.2, 0.25) is 0 Å². The minimum atomic E-state index is -0.893. The highest BCUT2D eigenvalue weighted by atomic mass is 32.2. The Balaban J connectivity index is 2.94. The van der Waals surface area contributed by atoms with Crippen LogP contribution in [0, 0.1) is 5.92 Å². The van der Waals surface area contributed by atoms with Gasteiger partial charge in [-0.3, -0.25) is 4.79 Å². The Labute approximate surface area is 106 Å². The molecule has 1 rings (SSSR count). The maximum Gasteiger partial charge on any atom is 0.308 e. The summed E-state index contributed by atoms with van der Waals surface area (Å²) in [4.78, 5) is 10.8. The van der Waals surface area contributed by atoms with Crippen LogP contribution in [0.25, 0.3) is 0 Å². The van der Waals surface area contributed by atoms with Gasteiger partial charge in [0.15, 0.2) is 0 Å². The van der Waals surface area contributed by atoms with Crippen molar-refractivity contribution >= 4 is 17.7 Å². The van der Waals surface area contributed by atoms with Crippen molar-refractivity contribution in [3.63, 3.8) is 0 Å². The van der Waals surface area contributed by atoms with Gasteiger partial charge in [0.1, 0.15) is 10.7 Å². The van der Waals surface area contributed by atoms with Crippen LogP contribution in [0.1, 0.15) is 27.7 Å². The zero-order valence-electron chi connectivity index (χ0n) is 10.6. The van der Waals surface area contributed by atoms with Crippen molar-refractivity contribution in [3.05, 3.63) is 24.3 Å². The van der Waals surface area contributed by atoms with E-state index in [4.69, 9.17) is 4.74 Å². The molecule has 0 saturated carbocycles. The van der Waals surface area contributed by atoms with Crippen molar-refractivity contribution in [1.29, 1.82) is 0 Å². The van der Waals surface area contributed by atoms with Gasteiger partial charge in [0.25, 0.3) is 0 Å². The second-order valence-electron chi connectivity index (χ2n) is 4.35. The fourth-order valence-electron chi connectivity index (χ4n) is 1.11. The molecule has 1 unspecified atom stereocenters. The van der Waals surface area contributed by atoms with Gasteiger partial charge in [-0.2, -0.15) is 0 Å². The van der Waals surface area contributed by atoms with E-state index in [2.05, 4.69) is 0 Å². The van der Waals surface area contributed by atoms with Gasteiger partial charge in [0, 0.05) is 6.92 Å². The Hall–Kier alpha value is -1.00. The predicted octanol–water partition coefficient (Wildman–Crippen LogP) is 3.07. The number of rotatable bonds is 4. The number of aliphatic hydroxyl groups is 1. The fraction of sp³-hybridized carbons (Fsp3) is 0.462. The Morgan fingerprint density at radius 2 is 2.00 bits per heavy atom. The van der Waals surface area contributed by atoms with E-state index in [9.17, 15) is 9.90 Å². The number of thioether (sulfide) groups is 1. The van der Waals surface area contributed by atoms with Gasteiger partial charge in [-0.15, -0.1) is 0 Å². The molecule has 0 heterocycles. The molecule has 0 aliphatic rings. The van der Waals surface area contributed by atoms with E-state index in [1.807, 2.05) is 26.0 Å². The number of esters is 1. The number of carbonyl (C=O) groups excluding carboxylic acids is 1. The van der Waals surface area contributed by atoms with Crippen LogP contribution in [-0.2, 0) is 4.79 Å². The quantitative estimate of drug-likeness (QED) is 0.388. The standard InChI is InChI=1S/C13H18O3S/c1-9(2)13(4,15)17-12-8-6-5-7-11(12)16-10(3)14/h5-9,15H,1-4H3. The molecular formula is C13H18O3S. The minimum absolute atomic E-state index is 0.0953. The molecule has 17 heavy (non-hydrogen) atoms. The van der Waals surface area contributed by atoms with E-state index in [0.717, 1.165) is 4.90 Å². The first-order valence-electron chi connectivity index (χ1n) is 5.51. The van der Waals surface area contributed by atoms with Gasteiger partial charge in [0.05, 0.1) is 4.90 Å². The molecule has 1 aromatic rings. The number of carbonyl (C=O) groups is 1. The van der Waals surface area contributed by atoms with Crippen molar-refractivity contribution in [3.8, 4) is 5.75 Å². The Kier molecular flexibility index (Phi) is 4.60. The van der Waals surface area contributed by atoms with Crippen molar-refractivity contribution in [1.82, 2.24) is 0 Å². The molecule has 3 nitrogen and oxygen atoms in total. The van der Waals surface area contributed by atoms with Crippen LogP contribution in [-0.4, -0.2) is 16.0 Å². The Morgan fingerprint density at radius 1 is 1.41 bits per heavy atom. The number of hydrogen-bond acceptors (Lipinski definition) is 4. The number of hydrogen-bond donors (Lipinski definition) is 1. The molecular weight excluding hydrogens is 236 g/mol. The summed E-state index contributed by atoms with van der Waals surface area (Å²) in [5.74, 6) is 0.228. The molecule has 0 aliphatic heterocycles. The van der Waals surface area contributed by atoms with E-state index >= 15 is 0 Å². The second kappa shape index (κ2) is 5.56. The first-order chi connectivity index (χ1) is 7.83. The van der Waals surface area contributed by atoms with Gasteiger partial charge in [-0.05, 0) is 25.0 Å². The summed E-state index contributed by atoms with van der Waals surface area (Å²) in [6.07, 6.45) is 0. The highest BCUT2D eigenvalue weighted by Gasteiger charge is 2.27. The summed E-state index contributed by atoms with van der Waals surface area (Å²) < 4.78 is 5.10. The first-order valence-corrected chi connectivity index (χ1v) is 6.33. The molecule has 4 heteroatoms. The number of benzene rings is 1. The summed E-state index contributed by atoms with van der Waals surface area (Å²) in [5, 5.41) is 10.2. The van der Waals surface area contributed by atoms with Crippen LogP contribution in [0.15, 0.2) is 29.2 Å². The summed E-state index contributed by atoms with van der Waals surface area (Å²) in [7, 11) is 0. The van der Waals surface area contributed by atoms with Crippen LogP contribution < -0.4 is 4.74 Å². The molecule has 0 amide bonds. The summed E-state index contributed by atoms with van der Waals surface area (Å²) in [6.45, 7) is 7.01. The zero-order valence-corrected chi connectivity index (χ0v) is 11.4. The zero-order chi connectivity index (χ0) is 13.1. The van der Waals surface area contributed by atoms with E-state index in [1.165, 1.54) is 18.7 Å². The third kappa shape index (κ3) is 4.06. The van der Waals surface area contributed by atoms with Gasteiger partial charge in [-0.1, -0.05) is 37.7 Å². The van der Waals surface area contributed by atoms with Crippen molar-refractivity contribution < 1.29 is 14.6 Å². The highest BCUT2D eigenvalue weighted by Crippen LogP contribution is 2.40. The molecule has 0 radical (unpaired) electrons. The highest BCUT2D eigenvalue weighted by molar-refractivity contribution is 8.00. The molecule has 0 saturated heterocycles. The van der Waals surface area contributed by atoms with E-state index in [0.29, 0.717) is 5.75 Å². The lowest BCUT2D eigenvalue weighted by Gasteiger charge is -2.27. The van der Waals surface area contributed by atoms with Crippen LogP contribution >= 0.6 is 11.8 Å². The van der Waals surface area contributed by atoms with Crippen LogP contribution in [0.5, 0.6) is 5.75 Å². The first kappa shape index (κ1) is 14.1. The average molecular weight is 254 g/mol. The fourth-order valence-corrected chi connectivity index (χ4v) is 2.15. The molecule has 0 spiro atoms. The second-order valence-corrected chi connectivity index (χ2v) is 5.82. The topological polar surface area (TPSA) is 46.5 Å². The summed E-state index contributed by atoms with van der Waals surface area (Å²) in [6, 6.07) is 7.21. The lowest BCUT2D eigenvalue weighted by Crippen LogP contribution is -2.26. The van der Waals surface area contributed by atoms with Crippen molar-refractivity contribution in [2.75, 3.05) is 0 Å². The van der Waals surface area contributed by atoms with Gasteiger partial charge < -0.3 is 9.84 Å². The number of ether oxygens (including phenoxy) is 1. The van der Waals surface area contributed by atoms with Gasteiger partial charge >= 0.3 is 5.97 Å². The van der Waals surface area contributed by atoms with Gasteiger partial charge in [-0.25, -0.2) is 0 Å². The van der Waals surface area contributed by atoms with Crippen LogP contribution in [0.3, 0.4) is 0 Å². The molecule has 1 atom stereocenters. The van der Waals surface area contributed by atoms with Crippen molar-refractivity contribution in [2.24, 2.45) is 5.92 Å². The molecule has 0 aliphatic carbocycles. The summed E-state index contributed by atoms with van der Waals surface area (Å²) in [5.41, 5.74) is 0. The van der Waals surface area contributed by atoms with E-state index < -0.39 is 4.93 Å². The monoisotopic (exact) mass is 254 g/mol. The third-order valence-electron chi connectivity index (χ3n) is 2.49. The lowest BCUT2D eigenvalue weighted by molar-refractivity contribution is -0.132. The minimum Gasteiger partial charge on any atom is -0.426 e. The lowest BCUT2D eigenvalue weighted by atomic mass is 10.1. The SMILES string of the molecule is CC(=O)Oc1ccccc1SC(C)(O)C(C)C. The molecule has 0 fully saturated rings. The molecule has 0 bridgehead atoms. The predicted molar refractivity (Wildman–Crippen MR) is 69.1 cm³/mol. The molecule has 94 valence electrons. The van der Waals surface area contributed by atoms with Crippen molar-refractivity contribution in [2.45, 2.75) is 37.5 Å². The molecule has 1 aromatic carbocycles. The average Bonchev–Trinajstić information content (AvgIpc) is 2.19. The Morgan fingerprint density at radius 3 is 2.53 bits per heavy atom. The normalized spacial score (nSPS) is 14.5. The maximum absolute atomic E-state index is 11.0. The Bertz CT molecular complexity index is 399.